The first-order valence-corrected chi connectivity index (χ1v) is 10.5. The molecule has 6 heteroatoms. The maximum Gasteiger partial charge on any atom is 0.223 e. The van der Waals surface area contributed by atoms with E-state index in [0.29, 0.717) is 6.54 Å². The van der Waals surface area contributed by atoms with Gasteiger partial charge >= 0.3 is 0 Å². The maximum atomic E-state index is 12.1. The summed E-state index contributed by atoms with van der Waals surface area (Å²) >= 11 is 0. The van der Waals surface area contributed by atoms with Gasteiger partial charge in [0.1, 0.15) is 5.82 Å². The van der Waals surface area contributed by atoms with E-state index in [1.54, 1.807) is 0 Å². The number of aromatic nitrogens is 3. The van der Waals surface area contributed by atoms with Crippen LogP contribution in [-0.2, 0) is 30.8 Å². The molecule has 1 amide bonds. The molecule has 3 aromatic rings. The molecule has 1 atom stereocenters. The zero-order chi connectivity index (χ0) is 20.2. The Bertz CT molecular complexity index is 996. The van der Waals surface area contributed by atoms with Gasteiger partial charge in [0, 0.05) is 38.5 Å². The second kappa shape index (κ2) is 8.74. The Hall–Kier alpha value is -2.73. The van der Waals surface area contributed by atoms with Gasteiger partial charge in [0.05, 0.1) is 6.54 Å². The normalized spacial score (nSPS) is 15.7. The van der Waals surface area contributed by atoms with Crippen LogP contribution in [0.5, 0.6) is 0 Å². The molecule has 0 saturated carbocycles. The largest absolute Gasteiger partial charge is 0.349 e. The highest BCUT2D eigenvalue weighted by Crippen LogP contribution is 2.18. The van der Waals surface area contributed by atoms with Gasteiger partial charge in [-0.2, -0.15) is 0 Å². The summed E-state index contributed by atoms with van der Waals surface area (Å²) in [4.78, 5) is 14.5. The summed E-state index contributed by atoms with van der Waals surface area (Å²) in [7, 11) is 0. The van der Waals surface area contributed by atoms with Crippen molar-refractivity contribution in [3.63, 3.8) is 0 Å². The lowest BCUT2D eigenvalue weighted by Gasteiger charge is -2.20. The van der Waals surface area contributed by atoms with Crippen molar-refractivity contribution in [3.05, 3.63) is 59.7 Å². The van der Waals surface area contributed by atoms with Crippen LogP contribution in [0.1, 0.15) is 37.5 Å². The van der Waals surface area contributed by atoms with Crippen molar-refractivity contribution in [2.45, 2.75) is 46.3 Å². The van der Waals surface area contributed by atoms with Crippen molar-refractivity contribution < 1.29 is 4.79 Å². The molecule has 1 aliphatic rings. The molecule has 0 fully saturated rings. The second-order valence-electron chi connectivity index (χ2n) is 7.92. The van der Waals surface area contributed by atoms with Crippen molar-refractivity contribution in [2.75, 3.05) is 13.1 Å². The van der Waals surface area contributed by atoms with Crippen LogP contribution in [0.2, 0.25) is 0 Å². The molecule has 0 saturated heterocycles. The molecular formula is C23H29N5O. The Labute approximate surface area is 171 Å². The topological polar surface area (TPSA) is 63.1 Å². The van der Waals surface area contributed by atoms with Crippen molar-refractivity contribution in [3.8, 4) is 0 Å². The average Bonchev–Trinajstić information content (AvgIpc) is 3.03. The van der Waals surface area contributed by atoms with E-state index >= 15 is 0 Å². The molecular weight excluding hydrogens is 362 g/mol. The van der Waals surface area contributed by atoms with E-state index in [-0.39, 0.29) is 11.8 Å². The van der Waals surface area contributed by atoms with E-state index in [1.165, 1.54) is 16.3 Å². The number of fused-ring (bicyclic) bond motifs is 2. The summed E-state index contributed by atoms with van der Waals surface area (Å²) < 4.78 is 2.18. The molecule has 0 radical (unpaired) electrons. The van der Waals surface area contributed by atoms with E-state index < -0.39 is 0 Å². The third-order valence-electron chi connectivity index (χ3n) is 5.90. The SMILES string of the molecule is CC[C@H](C)C(=O)NCc1nnc2n1CCN(Cc1ccc3ccccc3c1)CC2. The predicted molar refractivity (Wildman–Crippen MR) is 114 cm³/mol. The Balaban J connectivity index is 1.39. The van der Waals surface area contributed by atoms with E-state index in [2.05, 4.69) is 67.4 Å². The van der Waals surface area contributed by atoms with Gasteiger partial charge in [-0.05, 0) is 28.8 Å². The lowest BCUT2D eigenvalue weighted by molar-refractivity contribution is -0.124. The lowest BCUT2D eigenvalue weighted by atomic mass is 10.1. The van der Waals surface area contributed by atoms with Crippen LogP contribution in [0.15, 0.2) is 42.5 Å². The van der Waals surface area contributed by atoms with Gasteiger partial charge in [-0.25, -0.2) is 0 Å². The fourth-order valence-corrected chi connectivity index (χ4v) is 3.84. The minimum atomic E-state index is 0.0268. The smallest absolute Gasteiger partial charge is 0.223 e. The van der Waals surface area contributed by atoms with E-state index in [9.17, 15) is 4.79 Å². The minimum Gasteiger partial charge on any atom is -0.349 e. The highest BCUT2D eigenvalue weighted by molar-refractivity contribution is 5.83. The van der Waals surface area contributed by atoms with Crippen LogP contribution in [0.4, 0.5) is 0 Å². The Morgan fingerprint density at radius 2 is 1.93 bits per heavy atom. The van der Waals surface area contributed by atoms with Crippen molar-refractivity contribution >= 4 is 16.7 Å². The maximum absolute atomic E-state index is 12.1. The second-order valence-corrected chi connectivity index (χ2v) is 7.92. The third kappa shape index (κ3) is 4.48. The summed E-state index contributed by atoms with van der Waals surface area (Å²) in [5.74, 6) is 1.97. The number of carbonyl (C=O) groups is 1. The summed E-state index contributed by atoms with van der Waals surface area (Å²) in [6, 6.07) is 15.2. The first-order valence-electron chi connectivity index (χ1n) is 10.5. The molecule has 6 nitrogen and oxygen atoms in total. The molecule has 29 heavy (non-hydrogen) atoms. The zero-order valence-corrected chi connectivity index (χ0v) is 17.3. The summed E-state index contributed by atoms with van der Waals surface area (Å²) in [5, 5.41) is 14.3. The minimum absolute atomic E-state index is 0.0268. The van der Waals surface area contributed by atoms with Gasteiger partial charge in [0.2, 0.25) is 5.91 Å². The molecule has 1 aliphatic heterocycles. The Morgan fingerprint density at radius 3 is 2.76 bits per heavy atom. The van der Waals surface area contributed by atoms with Crippen LogP contribution in [0.25, 0.3) is 10.8 Å². The fraction of sp³-hybridized carbons (Fsp3) is 0.435. The molecule has 0 spiro atoms. The molecule has 0 bridgehead atoms. The summed E-state index contributed by atoms with van der Waals surface area (Å²) in [6.07, 6.45) is 1.72. The first-order chi connectivity index (χ1) is 14.1. The third-order valence-corrected chi connectivity index (χ3v) is 5.90. The van der Waals surface area contributed by atoms with Gasteiger partial charge in [-0.15, -0.1) is 10.2 Å². The van der Waals surface area contributed by atoms with Crippen LogP contribution >= 0.6 is 0 Å². The van der Waals surface area contributed by atoms with Crippen LogP contribution in [0, 0.1) is 5.92 Å². The number of benzene rings is 2. The molecule has 4 rings (SSSR count). The Morgan fingerprint density at radius 1 is 1.10 bits per heavy atom. The number of rotatable bonds is 6. The van der Waals surface area contributed by atoms with Crippen molar-refractivity contribution in [1.82, 2.24) is 25.0 Å². The van der Waals surface area contributed by atoms with Crippen molar-refractivity contribution in [1.29, 1.82) is 0 Å². The molecule has 0 aliphatic carbocycles. The number of nitrogens with zero attached hydrogens (tertiary/aromatic N) is 4. The summed E-state index contributed by atoms with van der Waals surface area (Å²) in [5.41, 5.74) is 1.34. The van der Waals surface area contributed by atoms with Gasteiger partial charge in [-0.1, -0.05) is 50.2 Å². The van der Waals surface area contributed by atoms with Gasteiger partial charge in [0.15, 0.2) is 5.82 Å². The number of hydrogen-bond acceptors (Lipinski definition) is 4. The highest BCUT2D eigenvalue weighted by Gasteiger charge is 2.19. The van der Waals surface area contributed by atoms with E-state index in [1.807, 2.05) is 13.8 Å². The van der Waals surface area contributed by atoms with Crippen LogP contribution in [-0.4, -0.2) is 38.7 Å². The molecule has 0 unspecified atom stereocenters. The summed E-state index contributed by atoms with van der Waals surface area (Å²) in [6.45, 7) is 8.12. The number of carbonyl (C=O) groups excluding carboxylic acids is 1. The van der Waals surface area contributed by atoms with E-state index in [0.717, 1.165) is 50.7 Å². The molecule has 152 valence electrons. The van der Waals surface area contributed by atoms with Gasteiger partial charge in [-0.3, -0.25) is 9.69 Å². The quantitative estimate of drug-likeness (QED) is 0.701. The van der Waals surface area contributed by atoms with Gasteiger partial charge < -0.3 is 9.88 Å². The predicted octanol–water partition coefficient (Wildman–Crippen LogP) is 3.15. The van der Waals surface area contributed by atoms with Crippen molar-refractivity contribution in [2.24, 2.45) is 5.92 Å². The standard InChI is InChI=1S/C23H29N5O/c1-3-17(2)23(29)24-15-22-26-25-21-10-11-27(12-13-28(21)22)16-18-8-9-19-6-4-5-7-20(19)14-18/h4-9,14,17H,3,10-13,15-16H2,1-2H3,(H,24,29)/t17-/m0/s1. The Kier molecular flexibility index (Phi) is 5.90. The average molecular weight is 392 g/mol. The fourth-order valence-electron chi connectivity index (χ4n) is 3.84. The molecule has 2 heterocycles. The first kappa shape index (κ1) is 19.6. The monoisotopic (exact) mass is 391 g/mol. The van der Waals surface area contributed by atoms with Crippen LogP contribution < -0.4 is 5.32 Å². The molecule has 1 N–H and O–H groups in total. The number of nitrogens with one attached hydrogen (secondary N) is 1. The highest BCUT2D eigenvalue weighted by atomic mass is 16.1. The lowest BCUT2D eigenvalue weighted by Crippen LogP contribution is -2.30. The van der Waals surface area contributed by atoms with Gasteiger partial charge in [0.25, 0.3) is 0 Å². The van der Waals surface area contributed by atoms with E-state index in [4.69, 9.17) is 0 Å². The molecule has 2 aromatic carbocycles. The zero-order valence-electron chi connectivity index (χ0n) is 17.3. The number of amides is 1. The molecule has 1 aromatic heterocycles. The number of hydrogen-bond donors (Lipinski definition) is 1. The van der Waals surface area contributed by atoms with Crippen LogP contribution in [0.3, 0.4) is 0 Å².